The summed E-state index contributed by atoms with van der Waals surface area (Å²) < 4.78 is 0. The minimum Gasteiger partial charge on any atom is -0.378 e. The number of thioether (sulfide) groups is 1. The molecule has 1 aliphatic rings. The van der Waals surface area contributed by atoms with Gasteiger partial charge in [0.25, 0.3) is 0 Å². The van der Waals surface area contributed by atoms with E-state index in [0.29, 0.717) is 11.6 Å². The summed E-state index contributed by atoms with van der Waals surface area (Å²) in [6, 6.07) is 18.0. The van der Waals surface area contributed by atoms with E-state index in [4.69, 9.17) is 0 Å². The van der Waals surface area contributed by atoms with Crippen molar-refractivity contribution in [3.8, 4) is 0 Å². The van der Waals surface area contributed by atoms with Crippen LogP contribution in [0, 0.1) is 0 Å². The summed E-state index contributed by atoms with van der Waals surface area (Å²) in [5.74, 6) is -0.0156. The van der Waals surface area contributed by atoms with Gasteiger partial charge in [-0.1, -0.05) is 54.2 Å². The Morgan fingerprint density at radius 3 is 2.52 bits per heavy atom. The number of benzene rings is 2. The van der Waals surface area contributed by atoms with Crippen LogP contribution >= 0.6 is 11.8 Å². The Hall–Kier alpha value is -2.60. The molecule has 1 heterocycles. The van der Waals surface area contributed by atoms with Gasteiger partial charge in [0.1, 0.15) is 0 Å². The van der Waals surface area contributed by atoms with Gasteiger partial charge in [-0.05, 0) is 29.7 Å². The smallest absolute Gasteiger partial charge is 0.239 e. The van der Waals surface area contributed by atoms with E-state index in [1.165, 1.54) is 11.8 Å². The zero-order valence-corrected chi connectivity index (χ0v) is 15.0. The Morgan fingerprint density at radius 2 is 1.84 bits per heavy atom. The molecule has 0 aliphatic carbocycles. The fraction of sp³-hybridized carbons (Fsp3) is 0.211. The number of anilines is 1. The van der Waals surface area contributed by atoms with Crippen molar-refractivity contribution in [2.24, 2.45) is 10.2 Å². The molecule has 1 saturated heterocycles. The first kappa shape index (κ1) is 17.2. The maximum atomic E-state index is 12.1. The summed E-state index contributed by atoms with van der Waals surface area (Å²) in [5.41, 5.74) is 3.23. The largest absolute Gasteiger partial charge is 0.378 e. The van der Waals surface area contributed by atoms with Crippen LogP contribution in [0.4, 0.5) is 5.69 Å². The number of rotatable bonds is 5. The lowest BCUT2D eigenvalue weighted by Crippen LogP contribution is -2.25. The van der Waals surface area contributed by atoms with Crippen molar-refractivity contribution in [2.75, 3.05) is 19.0 Å². The standard InChI is InChI=1S/C19H20N4OS/c1-23(2)16-10-8-15(9-11-16)13-20-22-19-21-18(24)17(25-19)12-14-6-4-3-5-7-14/h3-11,13,17H,12H2,1-2H3,(H,21,22,24). The Morgan fingerprint density at radius 1 is 1.12 bits per heavy atom. The van der Waals surface area contributed by atoms with E-state index < -0.39 is 0 Å². The van der Waals surface area contributed by atoms with E-state index >= 15 is 0 Å². The summed E-state index contributed by atoms with van der Waals surface area (Å²) in [6.07, 6.45) is 2.37. The SMILES string of the molecule is CN(C)c1ccc(C=N/N=C2\NC(=O)C(Cc3ccccc3)S2)cc1. The first-order chi connectivity index (χ1) is 12.1. The Labute approximate surface area is 151 Å². The maximum Gasteiger partial charge on any atom is 0.239 e. The van der Waals surface area contributed by atoms with Gasteiger partial charge < -0.3 is 10.2 Å². The number of hydrogen-bond acceptors (Lipinski definition) is 5. The van der Waals surface area contributed by atoms with Crippen LogP contribution in [0.15, 0.2) is 64.8 Å². The zero-order valence-electron chi connectivity index (χ0n) is 14.2. The quantitative estimate of drug-likeness (QED) is 0.665. The Balaban J connectivity index is 1.59. The molecular formula is C19H20N4OS. The van der Waals surface area contributed by atoms with Crippen molar-refractivity contribution in [3.05, 3.63) is 65.7 Å². The summed E-state index contributed by atoms with van der Waals surface area (Å²) in [4.78, 5) is 14.1. The average Bonchev–Trinajstić information content (AvgIpc) is 2.96. The van der Waals surface area contributed by atoms with Crippen LogP contribution < -0.4 is 10.2 Å². The highest BCUT2D eigenvalue weighted by Crippen LogP contribution is 2.23. The molecule has 1 N–H and O–H groups in total. The first-order valence-corrected chi connectivity index (χ1v) is 8.89. The molecular weight excluding hydrogens is 332 g/mol. The van der Waals surface area contributed by atoms with Crippen molar-refractivity contribution < 1.29 is 4.79 Å². The summed E-state index contributed by atoms with van der Waals surface area (Å²) in [5, 5.41) is 11.4. The monoisotopic (exact) mass is 352 g/mol. The van der Waals surface area contributed by atoms with Crippen LogP contribution in [-0.2, 0) is 11.2 Å². The van der Waals surface area contributed by atoms with Crippen LogP contribution in [0.25, 0.3) is 0 Å². The van der Waals surface area contributed by atoms with Gasteiger partial charge >= 0.3 is 0 Å². The van der Waals surface area contributed by atoms with Crippen LogP contribution in [0.5, 0.6) is 0 Å². The van der Waals surface area contributed by atoms with E-state index in [1.54, 1.807) is 6.21 Å². The van der Waals surface area contributed by atoms with Gasteiger partial charge in [0.05, 0.1) is 11.5 Å². The lowest BCUT2D eigenvalue weighted by molar-refractivity contribution is -0.118. The Bertz CT molecular complexity index is 785. The lowest BCUT2D eigenvalue weighted by atomic mass is 10.1. The third kappa shape index (κ3) is 4.70. The van der Waals surface area contributed by atoms with Gasteiger partial charge in [-0.15, -0.1) is 5.10 Å². The number of amides is 1. The molecule has 25 heavy (non-hydrogen) atoms. The second-order valence-electron chi connectivity index (χ2n) is 5.92. The number of nitrogens with zero attached hydrogens (tertiary/aromatic N) is 3. The van der Waals surface area contributed by atoms with E-state index in [2.05, 4.69) is 15.5 Å². The van der Waals surface area contributed by atoms with Crippen LogP contribution in [0.1, 0.15) is 11.1 Å². The molecule has 6 heteroatoms. The highest BCUT2D eigenvalue weighted by atomic mass is 32.2. The van der Waals surface area contributed by atoms with Gasteiger partial charge in [-0.25, -0.2) is 0 Å². The third-order valence-electron chi connectivity index (χ3n) is 3.81. The molecule has 2 aromatic carbocycles. The molecule has 1 aliphatic heterocycles. The molecule has 0 aromatic heterocycles. The summed E-state index contributed by atoms with van der Waals surface area (Å²) >= 11 is 1.42. The van der Waals surface area contributed by atoms with Crippen molar-refractivity contribution in [1.29, 1.82) is 0 Å². The number of nitrogens with one attached hydrogen (secondary N) is 1. The summed E-state index contributed by atoms with van der Waals surface area (Å²) in [7, 11) is 4.00. The maximum absolute atomic E-state index is 12.1. The molecule has 1 amide bonds. The number of carbonyl (C=O) groups is 1. The van der Waals surface area contributed by atoms with Crippen molar-refractivity contribution in [2.45, 2.75) is 11.7 Å². The van der Waals surface area contributed by atoms with Crippen molar-refractivity contribution in [3.63, 3.8) is 0 Å². The van der Waals surface area contributed by atoms with Crippen molar-refractivity contribution in [1.82, 2.24) is 5.32 Å². The predicted molar refractivity (Wildman–Crippen MR) is 105 cm³/mol. The van der Waals surface area contributed by atoms with E-state index in [0.717, 1.165) is 16.8 Å². The van der Waals surface area contributed by atoms with Crippen LogP contribution in [0.3, 0.4) is 0 Å². The van der Waals surface area contributed by atoms with Gasteiger partial charge in [0.15, 0.2) is 5.17 Å². The normalized spacial score (nSPS) is 18.7. The van der Waals surface area contributed by atoms with E-state index in [9.17, 15) is 4.79 Å². The number of carbonyl (C=O) groups excluding carboxylic acids is 1. The lowest BCUT2D eigenvalue weighted by Gasteiger charge is -2.11. The molecule has 3 rings (SSSR count). The molecule has 128 valence electrons. The summed E-state index contributed by atoms with van der Waals surface area (Å²) in [6.45, 7) is 0. The first-order valence-electron chi connectivity index (χ1n) is 8.01. The highest BCUT2D eigenvalue weighted by molar-refractivity contribution is 8.15. The molecule has 0 radical (unpaired) electrons. The topological polar surface area (TPSA) is 57.1 Å². The van der Waals surface area contributed by atoms with Crippen LogP contribution in [0.2, 0.25) is 0 Å². The predicted octanol–water partition coefficient (Wildman–Crippen LogP) is 2.92. The highest BCUT2D eigenvalue weighted by Gasteiger charge is 2.30. The van der Waals surface area contributed by atoms with Crippen molar-refractivity contribution >= 4 is 34.7 Å². The molecule has 0 saturated carbocycles. The van der Waals surface area contributed by atoms with Gasteiger partial charge in [0, 0.05) is 19.8 Å². The minimum atomic E-state index is -0.157. The fourth-order valence-corrected chi connectivity index (χ4v) is 3.39. The molecule has 2 aromatic rings. The molecule has 0 bridgehead atoms. The number of hydrogen-bond donors (Lipinski definition) is 1. The molecule has 1 unspecified atom stereocenters. The minimum absolute atomic E-state index is 0.0156. The van der Waals surface area contributed by atoms with Gasteiger partial charge in [0.2, 0.25) is 5.91 Å². The molecule has 0 spiro atoms. The molecule has 1 fully saturated rings. The fourth-order valence-electron chi connectivity index (χ4n) is 2.42. The third-order valence-corrected chi connectivity index (χ3v) is 4.88. The van der Waals surface area contributed by atoms with E-state index in [-0.39, 0.29) is 11.2 Å². The second kappa shape index (κ2) is 7.98. The Kier molecular flexibility index (Phi) is 5.50. The van der Waals surface area contributed by atoms with Crippen LogP contribution in [-0.4, -0.2) is 36.6 Å². The molecule has 5 nitrogen and oxygen atoms in total. The van der Waals surface area contributed by atoms with E-state index in [1.807, 2.05) is 73.6 Å². The van der Waals surface area contributed by atoms with Gasteiger partial charge in [-0.2, -0.15) is 5.10 Å². The second-order valence-corrected chi connectivity index (χ2v) is 7.11. The zero-order chi connectivity index (χ0) is 17.6. The van der Waals surface area contributed by atoms with Gasteiger partial charge in [-0.3, -0.25) is 4.79 Å². The number of amidine groups is 1. The molecule has 1 atom stereocenters. The average molecular weight is 352 g/mol.